The molecule has 0 bridgehead atoms. The van der Waals surface area contributed by atoms with Crippen LogP contribution < -0.4 is 30.3 Å². The van der Waals surface area contributed by atoms with Crippen LogP contribution in [0.5, 0.6) is 11.5 Å². The average molecular weight is 694 g/mol. The number of ether oxygens (including phenoxy) is 2. The molecule has 0 atom stereocenters. The molecule has 3 amide bonds. The first-order valence-electron chi connectivity index (χ1n) is 15.1. The number of hydrogen-bond donors (Lipinski definition) is 3. The van der Waals surface area contributed by atoms with Crippen LogP contribution in [0.4, 0.5) is 16.5 Å². The Labute approximate surface area is 293 Å². The van der Waals surface area contributed by atoms with Gasteiger partial charge in [0.15, 0.2) is 16.6 Å². The summed E-state index contributed by atoms with van der Waals surface area (Å²) < 4.78 is 10.7. The number of anilines is 3. The van der Waals surface area contributed by atoms with Crippen molar-refractivity contribution in [1.82, 2.24) is 10.3 Å². The lowest BCUT2D eigenvalue weighted by molar-refractivity contribution is -0.114. The van der Waals surface area contributed by atoms with Crippen LogP contribution in [0, 0.1) is 0 Å². The molecule has 1 heterocycles. The summed E-state index contributed by atoms with van der Waals surface area (Å²) in [6.45, 7) is 0. The van der Waals surface area contributed by atoms with Gasteiger partial charge >= 0.3 is 0 Å². The molecule has 0 aliphatic heterocycles. The van der Waals surface area contributed by atoms with Crippen LogP contribution in [0.2, 0.25) is 0 Å². The van der Waals surface area contributed by atoms with Crippen molar-refractivity contribution in [3.63, 3.8) is 0 Å². The van der Waals surface area contributed by atoms with Gasteiger partial charge in [0.1, 0.15) is 5.70 Å². The van der Waals surface area contributed by atoms with Crippen molar-refractivity contribution in [3.05, 3.63) is 119 Å². The predicted octanol–water partition coefficient (Wildman–Crippen LogP) is 7.03. The van der Waals surface area contributed by atoms with E-state index in [9.17, 15) is 14.4 Å². The van der Waals surface area contributed by atoms with Crippen LogP contribution >= 0.6 is 23.1 Å². The first-order valence-corrected chi connectivity index (χ1v) is 17.0. The molecule has 12 heteroatoms. The van der Waals surface area contributed by atoms with Crippen LogP contribution in [0.15, 0.2) is 113 Å². The van der Waals surface area contributed by atoms with Crippen molar-refractivity contribution < 1.29 is 23.9 Å². The Morgan fingerprint density at radius 2 is 1.57 bits per heavy atom. The summed E-state index contributed by atoms with van der Waals surface area (Å²) in [4.78, 5) is 46.4. The zero-order valence-electron chi connectivity index (χ0n) is 27.4. The van der Waals surface area contributed by atoms with E-state index in [1.54, 1.807) is 56.7 Å². The van der Waals surface area contributed by atoms with Crippen LogP contribution in [-0.4, -0.2) is 56.8 Å². The molecule has 0 aliphatic carbocycles. The van der Waals surface area contributed by atoms with Gasteiger partial charge in [0, 0.05) is 46.9 Å². The minimum atomic E-state index is -0.475. The number of carbonyl (C=O) groups excluding carboxylic acids is 3. The normalized spacial score (nSPS) is 11.0. The van der Waals surface area contributed by atoms with Crippen molar-refractivity contribution in [2.45, 2.75) is 4.90 Å². The molecule has 5 rings (SSSR count). The van der Waals surface area contributed by atoms with Gasteiger partial charge in [0.2, 0.25) is 5.91 Å². The van der Waals surface area contributed by atoms with Gasteiger partial charge < -0.3 is 30.3 Å². The fourth-order valence-electron chi connectivity index (χ4n) is 4.57. The highest BCUT2D eigenvalue weighted by atomic mass is 32.2. The first kappa shape index (κ1) is 34.7. The van der Waals surface area contributed by atoms with Crippen LogP contribution in [0.3, 0.4) is 0 Å². The van der Waals surface area contributed by atoms with E-state index in [-0.39, 0.29) is 17.4 Å². The molecule has 0 radical (unpaired) electrons. The fraction of sp³-hybridized carbons (Fsp3) is 0.135. The second kappa shape index (κ2) is 16.5. The van der Waals surface area contributed by atoms with Crippen molar-refractivity contribution in [2.24, 2.45) is 0 Å². The average Bonchev–Trinajstić information content (AvgIpc) is 3.59. The third-order valence-corrected chi connectivity index (χ3v) is 8.93. The summed E-state index contributed by atoms with van der Waals surface area (Å²) in [6.07, 6.45) is 1.64. The summed E-state index contributed by atoms with van der Waals surface area (Å²) in [5.41, 5.74) is 4.38. The van der Waals surface area contributed by atoms with Gasteiger partial charge in [-0.2, -0.15) is 0 Å². The zero-order valence-corrected chi connectivity index (χ0v) is 29.0. The molecule has 3 N–H and O–H groups in total. The van der Waals surface area contributed by atoms with E-state index in [1.165, 1.54) is 23.1 Å². The lowest BCUT2D eigenvalue weighted by atomic mass is 10.1. The standard InChI is InChI=1S/C37H35N5O5S2/c1-42(2)28-15-10-24(11-16-28)20-30(39-35(44)25-8-6-5-7-9-25)36(45)38-27-13-17-29(18-14-27)48-23-34(43)41-37-40-31(22-49-37)26-12-19-32(46-3)33(21-26)47-4/h5-22H,23H2,1-4H3,(H,38,45)(H,39,44)(H,40,41,43)/b30-20-. The molecule has 0 saturated heterocycles. The van der Waals surface area contributed by atoms with Gasteiger partial charge in [-0.15, -0.1) is 23.1 Å². The molecule has 0 spiro atoms. The molecule has 4 aromatic carbocycles. The molecule has 10 nitrogen and oxygen atoms in total. The third kappa shape index (κ3) is 9.49. The number of carbonyl (C=O) groups is 3. The Morgan fingerprint density at radius 1 is 0.857 bits per heavy atom. The largest absolute Gasteiger partial charge is 0.493 e. The summed E-state index contributed by atoms with van der Waals surface area (Å²) >= 11 is 2.69. The van der Waals surface area contributed by atoms with E-state index >= 15 is 0 Å². The van der Waals surface area contributed by atoms with Gasteiger partial charge in [0.05, 0.1) is 25.7 Å². The summed E-state index contributed by atoms with van der Waals surface area (Å²) in [7, 11) is 7.05. The molecular formula is C37H35N5O5S2. The minimum Gasteiger partial charge on any atom is -0.493 e. The van der Waals surface area contributed by atoms with E-state index in [0.29, 0.717) is 33.6 Å². The highest BCUT2D eigenvalue weighted by molar-refractivity contribution is 8.00. The molecule has 1 aromatic heterocycles. The molecule has 0 unspecified atom stereocenters. The van der Waals surface area contributed by atoms with E-state index in [0.717, 1.165) is 21.7 Å². The van der Waals surface area contributed by atoms with E-state index < -0.39 is 11.8 Å². The Bertz CT molecular complexity index is 1940. The maximum atomic E-state index is 13.4. The smallest absolute Gasteiger partial charge is 0.272 e. The van der Waals surface area contributed by atoms with Crippen molar-refractivity contribution in [3.8, 4) is 22.8 Å². The highest BCUT2D eigenvalue weighted by Gasteiger charge is 2.16. The molecule has 250 valence electrons. The Hall–Kier alpha value is -5.59. The van der Waals surface area contributed by atoms with Crippen molar-refractivity contribution in [1.29, 1.82) is 0 Å². The molecule has 0 saturated carbocycles. The van der Waals surface area contributed by atoms with Crippen molar-refractivity contribution in [2.75, 3.05) is 49.6 Å². The summed E-state index contributed by atoms with van der Waals surface area (Å²) in [5.74, 6) is 0.320. The first-order chi connectivity index (χ1) is 23.7. The van der Waals surface area contributed by atoms with Crippen LogP contribution in [-0.2, 0) is 9.59 Å². The maximum Gasteiger partial charge on any atom is 0.272 e. The molecule has 49 heavy (non-hydrogen) atoms. The second-order valence-electron chi connectivity index (χ2n) is 10.8. The van der Waals surface area contributed by atoms with E-state index in [4.69, 9.17) is 9.47 Å². The minimum absolute atomic E-state index is 0.0954. The quantitative estimate of drug-likeness (QED) is 0.0888. The number of benzene rings is 4. The van der Waals surface area contributed by atoms with Crippen molar-refractivity contribution >= 4 is 63.4 Å². The van der Waals surface area contributed by atoms with Gasteiger partial charge in [-0.1, -0.05) is 30.3 Å². The van der Waals surface area contributed by atoms with Crippen LogP contribution in [0.1, 0.15) is 15.9 Å². The number of hydrogen-bond acceptors (Lipinski definition) is 9. The lowest BCUT2D eigenvalue weighted by Crippen LogP contribution is -2.30. The molecule has 0 aliphatic rings. The second-order valence-corrected chi connectivity index (χ2v) is 12.7. The summed E-state index contributed by atoms with van der Waals surface area (Å²) in [6, 6.07) is 29.0. The third-order valence-electron chi connectivity index (χ3n) is 7.16. The van der Waals surface area contributed by atoms with E-state index in [1.807, 2.05) is 85.0 Å². The Balaban J connectivity index is 1.19. The number of rotatable bonds is 13. The highest BCUT2D eigenvalue weighted by Crippen LogP contribution is 2.33. The fourth-order valence-corrected chi connectivity index (χ4v) is 6.01. The van der Waals surface area contributed by atoms with E-state index in [2.05, 4.69) is 20.9 Å². The van der Waals surface area contributed by atoms with Crippen LogP contribution in [0.25, 0.3) is 17.3 Å². The Morgan fingerprint density at radius 3 is 2.24 bits per heavy atom. The van der Waals surface area contributed by atoms with Gasteiger partial charge in [0.25, 0.3) is 11.8 Å². The number of thioether (sulfide) groups is 1. The number of thiazole rings is 1. The maximum absolute atomic E-state index is 13.4. The number of aromatic nitrogens is 1. The number of nitrogens with zero attached hydrogens (tertiary/aromatic N) is 2. The molecular weight excluding hydrogens is 659 g/mol. The molecule has 0 fully saturated rings. The summed E-state index contributed by atoms with van der Waals surface area (Å²) in [5, 5.41) is 10.8. The number of methoxy groups -OCH3 is 2. The number of amides is 3. The van der Waals surface area contributed by atoms with Gasteiger partial charge in [-0.25, -0.2) is 4.98 Å². The predicted molar refractivity (Wildman–Crippen MR) is 198 cm³/mol. The monoisotopic (exact) mass is 693 g/mol. The Kier molecular flexibility index (Phi) is 11.7. The SMILES string of the molecule is COc1ccc(-c2csc(NC(=O)CSc3ccc(NC(=O)/C(=C/c4ccc(N(C)C)cc4)NC(=O)c4ccccc4)cc3)n2)cc1OC. The topological polar surface area (TPSA) is 122 Å². The molecule has 5 aromatic rings. The van der Waals surface area contributed by atoms with Gasteiger partial charge in [-0.3, -0.25) is 14.4 Å². The van der Waals surface area contributed by atoms with Gasteiger partial charge in [-0.05, 0) is 78.4 Å². The number of nitrogens with one attached hydrogen (secondary N) is 3. The zero-order chi connectivity index (χ0) is 34.8. The lowest BCUT2D eigenvalue weighted by Gasteiger charge is -2.13.